The van der Waals surface area contributed by atoms with Gasteiger partial charge in [0.25, 0.3) is 0 Å². The van der Waals surface area contributed by atoms with E-state index < -0.39 is 0 Å². The first-order chi connectivity index (χ1) is 14.4. The van der Waals surface area contributed by atoms with Crippen LogP contribution in [0.5, 0.6) is 0 Å². The van der Waals surface area contributed by atoms with Gasteiger partial charge in [-0.15, -0.1) is 0 Å². The van der Waals surface area contributed by atoms with Gasteiger partial charge in [0, 0.05) is 6.20 Å². The Bertz CT molecular complexity index is 434. The summed E-state index contributed by atoms with van der Waals surface area (Å²) in [5.74, 6) is 0. The summed E-state index contributed by atoms with van der Waals surface area (Å²) in [6, 6.07) is 5.97. The van der Waals surface area contributed by atoms with Crippen LogP contribution in [0, 0.1) is 0 Å². The van der Waals surface area contributed by atoms with Crippen LogP contribution in [0.4, 0.5) is 0 Å². The molecule has 1 aromatic heterocycles. The number of aromatic nitrogens is 1. The average molecular weight is 446 g/mol. The SMILES string of the molecule is CCCCCCCCCCC(OCCOCCOCCO)SSc1ccccn1. The fourth-order valence-electron chi connectivity index (χ4n) is 2.73. The fraction of sp³-hybridized carbons (Fsp3) is 0.773. The molecular formula is C22H39NO4S2. The smallest absolute Gasteiger partial charge is 0.113 e. The number of nitrogens with zero attached hydrogens (tertiary/aromatic N) is 1. The second-order valence-corrected chi connectivity index (χ2v) is 9.24. The van der Waals surface area contributed by atoms with Crippen molar-refractivity contribution < 1.29 is 19.3 Å². The molecule has 0 aliphatic rings. The molecule has 0 saturated heterocycles. The average Bonchev–Trinajstić information content (AvgIpc) is 2.75. The van der Waals surface area contributed by atoms with Gasteiger partial charge in [0.2, 0.25) is 0 Å². The first kappa shape index (κ1) is 26.7. The lowest BCUT2D eigenvalue weighted by atomic mass is 10.1. The summed E-state index contributed by atoms with van der Waals surface area (Å²) in [5.41, 5.74) is 0.149. The highest BCUT2D eigenvalue weighted by atomic mass is 33.1. The molecule has 0 bridgehead atoms. The lowest BCUT2D eigenvalue weighted by molar-refractivity contribution is 0.00214. The molecule has 0 aromatic carbocycles. The van der Waals surface area contributed by atoms with E-state index >= 15 is 0 Å². The summed E-state index contributed by atoms with van der Waals surface area (Å²) >= 11 is 0. The van der Waals surface area contributed by atoms with E-state index in [1.54, 1.807) is 21.6 Å². The quantitative estimate of drug-likeness (QED) is 0.147. The number of pyridine rings is 1. The second kappa shape index (κ2) is 20.9. The maximum atomic E-state index is 8.66. The number of aliphatic hydroxyl groups is 1. The van der Waals surface area contributed by atoms with Crippen LogP contribution >= 0.6 is 21.6 Å². The van der Waals surface area contributed by atoms with Crippen LogP contribution in [-0.4, -0.2) is 55.2 Å². The molecule has 0 fully saturated rings. The van der Waals surface area contributed by atoms with E-state index in [4.69, 9.17) is 19.3 Å². The lowest BCUT2D eigenvalue weighted by Crippen LogP contribution is -2.14. The molecule has 1 heterocycles. The van der Waals surface area contributed by atoms with Gasteiger partial charge in [0.05, 0.1) is 39.6 Å². The molecule has 5 nitrogen and oxygen atoms in total. The van der Waals surface area contributed by atoms with Crippen molar-refractivity contribution in [3.8, 4) is 0 Å². The van der Waals surface area contributed by atoms with Crippen LogP contribution in [0.2, 0.25) is 0 Å². The molecule has 0 aliphatic heterocycles. The Morgan fingerprint density at radius 2 is 1.59 bits per heavy atom. The van der Waals surface area contributed by atoms with Gasteiger partial charge >= 0.3 is 0 Å². The largest absolute Gasteiger partial charge is 0.394 e. The van der Waals surface area contributed by atoms with Crippen molar-refractivity contribution in [1.29, 1.82) is 0 Å². The van der Waals surface area contributed by atoms with Crippen LogP contribution in [0.25, 0.3) is 0 Å². The zero-order chi connectivity index (χ0) is 20.8. The predicted octanol–water partition coefficient (Wildman–Crippen LogP) is 5.72. The minimum Gasteiger partial charge on any atom is -0.394 e. The van der Waals surface area contributed by atoms with Crippen LogP contribution in [0.3, 0.4) is 0 Å². The zero-order valence-corrected chi connectivity index (χ0v) is 19.6. The molecule has 1 aromatic rings. The van der Waals surface area contributed by atoms with Gasteiger partial charge in [0.1, 0.15) is 10.5 Å². The number of aliphatic hydroxyl groups excluding tert-OH is 1. The number of hydrogen-bond acceptors (Lipinski definition) is 7. The standard InChI is InChI=1S/C22H39NO4S2/c1-2-3-4-5-6-7-8-9-13-22(29-28-21-12-10-11-14-23-21)27-20-19-26-18-17-25-16-15-24/h10-12,14,22,24H,2-9,13,15-20H2,1H3. The number of rotatable bonds is 21. The van der Waals surface area contributed by atoms with Crippen molar-refractivity contribution in [3.63, 3.8) is 0 Å². The van der Waals surface area contributed by atoms with E-state index in [1.165, 1.54) is 51.4 Å². The minimum atomic E-state index is 0.0503. The summed E-state index contributed by atoms with van der Waals surface area (Å²) < 4.78 is 16.8. The van der Waals surface area contributed by atoms with Crippen LogP contribution in [-0.2, 0) is 14.2 Å². The minimum absolute atomic E-state index is 0.0503. The summed E-state index contributed by atoms with van der Waals surface area (Å²) in [4.78, 5) is 4.37. The highest BCUT2D eigenvalue weighted by molar-refractivity contribution is 8.76. The Balaban J connectivity index is 2.17. The third-order valence-electron chi connectivity index (χ3n) is 4.31. The molecule has 1 rings (SSSR count). The summed E-state index contributed by atoms with van der Waals surface area (Å²) in [6.45, 7) is 4.85. The van der Waals surface area contributed by atoms with Crippen molar-refractivity contribution in [1.82, 2.24) is 4.98 Å². The lowest BCUT2D eigenvalue weighted by Gasteiger charge is -2.17. The Labute approximate surface area is 185 Å². The Morgan fingerprint density at radius 3 is 2.28 bits per heavy atom. The maximum absolute atomic E-state index is 8.66. The molecule has 29 heavy (non-hydrogen) atoms. The molecule has 0 aliphatic carbocycles. The van der Waals surface area contributed by atoms with Crippen molar-refractivity contribution in [2.75, 3.05) is 39.6 Å². The Hall–Kier alpha value is -0.310. The third-order valence-corrected chi connectivity index (χ3v) is 6.85. The molecule has 1 N–H and O–H groups in total. The first-order valence-electron chi connectivity index (χ1n) is 11.0. The van der Waals surface area contributed by atoms with Crippen molar-refractivity contribution in [3.05, 3.63) is 24.4 Å². The number of hydrogen-bond donors (Lipinski definition) is 1. The summed E-state index contributed by atoms with van der Waals surface area (Å²) in [5, 5.41) is 9.67. The second-order valence-electron chi connectivity index (χ2n) is 6.86. The van der Waals surface area contributed by atoms with E-state index in [1.807, 2.05) is 24.4 Å². The normalized spacial score (nSPS) is 12.3. The summed E-state index contributed by atoms with van der Waals surface area (Å²) in [6.07, 6.45) is 13.5. The molecule has 168 valence electrons. The van der Waals surface area contributed by atoms with Crippen molar-refractivity contribution in [2.24, 2.45) is 0 Å². The van der Waals surface area contributed by atoms with Gasteiger partial charge in [-0.3, -0.25) is 0 Å². The molecular weight excluding hydrogens is 406 g/mol. The number of ether oxygens (including phenoxy) is 3. The predicted molar refractivity (Wildman–Crippen MR) is 123 cm³/mol. The molecule has 7 heteroatoms. The fourth-order valence-corrected chi connectivity index (χ4v) is 4.96. The van der Waals surface area contributed by atoms with Gasteiger partial charge in [-0.05, 0) is 35.8 Å². The van der Waals surface area contributed by atoms with E-state index in [0.717, 1.165) is 11.4 Å². The van der Waals surface area contributed by atoms with E-state index in [0.29, 0.717) is 33.0 Å². The Kier molecular flexibility index (Phi) is 19.3. The zero-order valence-electron chi connectivity index (χ0n) is 17.9. The highest BCUT2D eigenvalue weighted by Crippen LogP contribution is 2.35. The van der Waals surface area contributed by atoms with Gasteiger partial charge < -0.3 is 19.3 Å². The van der Waals surface area contributed by atoms with E-state index in [2.05, 4.69) is 11.9 Å². The number of unbranched alkanes of at least 4 members (excludes halogenated alkanes) is 7. The maximum Gasteiger partial charge on any atom is 0.113 e. The van der Waals surface area contributed by atoms with Crippen LogP contribution < -0.4 is 0 Å². The van der Waals surface area contributed by atoms with Gasteiger partial charge in [-0.25, -0.2) is 4.98 Å². The molecule has 0 amide bonds. The van der Waals surface area contributed by atoms with E-state index in [9.17, 15) is 0 Å². The third kappa shape index (κ3) is 17.1. The Morgan fingerprint density at radius 1 is 0.897 bits per heavy atom. The van der Waals surface area contributed by atoms with Gasteiger partial charge in [-0.1, -0.05) is 68.7 Å². The monoisotopic (exact) mass is 445 g/mol. The van der Waals surface area contributed by atoms with Crippen molar-refractivity contribution in [2.45, 2.75) is 75.2 Å². The summed E-state index contributed by atoms with van der Waals surface area (Å²) in [7, 11) is 3.43. The van der Waals surface area contributed by atoms with Crippen LogP contribution in [0.1, 0.15) is 64.7 Å². The topological polar surface area (TPSA) is 60.8 Å². The molecule has 0 radical (unpaired) electrons. The van der Waals surface area contributed by atoms with E-state index in [-0.39, 0.29) is 12.0 Å². The van der Waals surface area contributed by atoms with Crippen molar-refractivity contribution >= 4 is 21.6 Å². The molecule has 1 unspecified atom stereocenters. The first-order valence-corrected chi connectivity index (χ1v) is 13.2. The molecule has 0 saturated carbocycles. The highest BCUT2D eigenvalue weighted by Gasteiger charge is 2.11. The molecule has 1 atom stereocenters. The molecule has 0 spiro atoms. The van der Waals surface area contributed by atoms with Gasteiger partial charge in [0.15, 0.2) is 0 Å². The van der Waals surface area contributed by atoms with Gasteiger partial charge in [-0.2, -0.15) is 0 Å². The van der Waals surface area contributed by atoms with Crippen LogP contribution in [0.15, 0.2) is 29.4 Å².